The largest absolute Gasteiger partial charge is 0.469 e. The van der Waals surface area contributed by atoms with Crippen molar-refractivity contribution in [3.63, 3.8) is 0 Å². The molecule has 6 heteroatoms. The number of hydrogen-bond donors (Lipinski definition) is 0. The van der Waals surface area contributed by atoms with Crippen molar-refractivity contribution >= 4 is 17.5 Å². The summed E-state index contributed by atoms with van der Waals surface area (Å²) in [6.07, 6.45) is 8.16. The van der Waals surface area contributed by atoms with Gasteiger partial charge in [0.15, 0.2) is 11.6 Å². The van der Waals surface area contributed by atoms with Gasteiger partial charge in [0.05, 0.1) is 12.5 Å². The molecule has 2 aliphatic carbocycles. The van der Waals surface area contributed by atoms with Crippen molar-refractivity contribution in [1.82, 2.24) is 0 Å². The fourth-order valence-electron chi connectivity index (χ4n) is 8.80. The third-order valence-corrected chi connectivity index (χ3v) is 12.1. The molecule has 0 spiro atoms. The SMILES string of the molecule is CCCC(C)(C)CC[C@@](C)(CCC(C)(C)[C@]1(C)CC[C@H]2C(C)(C)C(=O)[C@@]3(C#N)O[C@H]3[C@]2(C)/C1=C/C(C)=O)C(=O)OC. The number of carbonyl (C=O) groups excluding carboxylic acids is 3. The van der Waals surface area contributed by atoms with Gasteiger partial charge in [-0.25, -0.2) is 0 Å². The van der Waals surface area contributed by atoms with Crippen LogP contribution >= 0.6 is 0 Å². The van der Waals surface area contributed by atoms with E-state index < -0.39 is 33.4 Å². The van der Waals surface area contributed by atoms with Crippen LogP contribution in [0, 0.1) is 49.7 Å². The lowest BCUT2D eigenvalue weighted by molar-refractivity contribution is -0.153. The molecule has 0 N–H and O–H groups in total. The second kappa shape index (κ2) is 10.6. The van der Waals surface area contributed by atoms with Crippen molar-refractivity contribution in [2.24, 2.45) is 38.4 Å². The standard InChI is InChI=1S/C35H55NO5/c1-13-15-29(3,4)17-19-32(9,28(39)40-12)20-18-30(5,6)33(10)16-14-24-31(7,8)26(38)35(22-36)27(41-35)34(24,11)25(33)21-23(2)37/h21,24,27H,13-20H2,1-12H3/b25-21+/t24-,27-,32-,33+,34-,35+/m0/s1. The monoisotopic (exact) mass is 569 g/mol. The van der Waals surface area contributed by atoms with Crippen molar-refractivity contribution < 1.29 is 23.9 Å². The third-order valence-electron chi connectivity index (χ3n) is 12.1. The number of allylic oxidation sites excluding steroid dienone is 1. The number of hydrogen-bond acceptors (Lipinski definition) is 6. The Bertz CT molecular complexity index is 1160. The lowest BCUT2D eigenvalue weighted by Crippen LogP contribution is -2.62. The number of methoxy groups -OCH3 is 1. The minimum atomic E-state index is -1.44. The van der Waals surface area contributed by atoms with Crippen molar-refractivity contribution in [2.45, 2.75) is 139 Å². The fourth-order valence-corrected chi connectivity index (χ4v) is 8.80. The van der Waals surface area contributed by atoms with E-state index >= 15 is 0 Å². The zero-order chi connectivity index (χ0) is 31.4. The Kier molecular flexibility index (Phi) is 8.68. The van der Waals surface area contributed by atoms with Crippen LogP contribution in [0.25, 0.3) is 0 Å². The summed E-state index contributed by atoms with van der Waals surface area (Å²) in [4.78, 5) is 39.5. The maximum Gasteiger partial charge on any atom is 0.311 e. The molecule has 3 aliphatic rings. The number of Topliss-reactive ketones (excluding diaryl/α,β-unsaturated/α-hetero) is 1. The summed E-state index contributed by atoms with van der Waals surface area (Å²) in [7, 11) is 1.48. The second-order valence-corrected chi connectivity index (χ2v) is 16.1. The van der Waals surface area contributed by atoms with Crippen LogP contribution in [0.4, 0.5) is 0 Å². The molecule has 230 valence electrons. The van der Waals surface area contributed by atoms with Gasteiger partial charge >= 0.3 is 5.97 Å². The van der Waals surface area contributed by atoms with Crippen LogP contribution in [-0.2, 0) is 23.9 Å². The minimum absolute atomic E-state index is 0.0423. The molecule has 1 heterocycles. The maximum atomic E-state index is 13.5. The number of epoxide rings is 1. The predicted molar refractivity (Wildman–Crippen MR) is 161 cm³/mol. The fraction of sp³-hybridized carbons (Fsp3) is 0.829. The molecule has 3 rings (SSSR count). The van der Waals surface area contributed by atoms with Crippen LogP contribution in [0.1, 0.15) is 128 Å². The first-order chi connectivity index (χ1) is 18.6. The summed E-state index contributed by atoms with van der Waals surface area (Å²) in [5.74, 6) is -0.394. The first kappa shape index (κ1) is 33.5. The number of nitrogens with zero attached hydrogens (tertiary/aromatic N) is 1. The molecule has 41 heavy (non-hydrogen) atoms. The van der Waals surface area contributed by atoms with Gasteiger partial charge in [-0.05, 0) is 87.0 Å². The van der Waals surface area contributed by atoms with Crippen LogP contribution in [-0.4, -0.2) is 36.4 Å². The number of esters is 1. The molecule has 0 unspecified atom stereocenters. The van der Waals surface area contributed by atoms with Crippen LogP contribution in [0.2, 0.25) is 0 Å². The number of carbonyl (C=O) groups is 3. The highest BCUT2D eigenvalue weighted by molar-refractivity contribution is 6.00. The Morgan fingerprint density at radius 3 is 2.15 bits per heavy atom. The Balaban J connectivity index is 2.01. The van der Waals surface area contributed by atoms with E-state index in [9.17, 15) is 19.6 Å². The van der Waals surface area contributed by atoms with Gasteiger partial charge in [0.25, 0.3) is 0 Å². The van der Waals surface area contributed by atoms with E-state index in [2.05, 4.69) is 54.5 Å². The van der Waals surface area contributed by atoms with Gasteiger partial charge in [-0.3, -0.25) is 14.4 Å². The number of ketones is 2. The minimum Gasteiger partial charge on any atom is -0.469 e. The van der Waals surface area contributed by atoms with E-state index in [0.717, 1.165) is 50.5 Å². The molecular formula is C35H55NO5. The molecule has 0 bridgehead atoms. The molecule has 0 aromatic rings. The second-order valence-electron chi connectivity index (χ2n) is 16.1. The van der Waals surface area contributed by atoms with Gasteiger partial charge in [-0.1, -0.05) is 74.3 Å². The molecule has 6 atom stereocenters. The van der Waals surface area contributed by atoms with Gasteiger partial charge in [0.2, 0.25) is 5.60 Å². The molecule has 2 saturated carbocycles. The Hall–Kier alpha value is -2.00. The quantitative estimate of drug-likeness (QED) is 0.143. The normalized spacial score (nSPS) is 35.1. The molecular weight excluding hydrogens is 514 g/mol. The lowest BCUT2D eigenvalue weighted by Gasteiger charge is -2.61. The van der Waals surface area contributed by atoms with Crippen molar-refractivity contribution in [3.05, 3.63) is 11.6 Å². The third kappa shape index (κ3) is 5.23. The highest BCUT2D eigenvalue weighted by atomic mass is 16.6. The smallest absolute Gasteiger partial charge is 0.311 e. The molecule has 6 nitrogen and oxygen atoms in total. The van der Waals surface area contributed by atoms with Gasteiger partial charge < -0.3 is 9.47 Å². The lowest BCUT2D eigenvalue weighted by atomic mass is 9.40. The zero-order valence-corrected chi connectivity index (χ0v) is 27.9. The average molecular weight is 570 g/mol. The van der Waals surface area contributed by atoms with Crippen molar-refractivity contribution in [3.8, 4) is 6.07 Å². The zero-order valence-electron chi connectivity index (χ0n) is 27.9. The number of rotatable bonds is 11. The van der Waals surface area contributed by atoms with E-state index in [1.807, 2.05) is 20.8 Å². The summed E-state index contributed by atoms with van der Waals surface area (Å²) in [6, 6.07) is 2.22. The van der Waals surface area contributed by atoms with E-state index in [-0.39, 0.29) is 34.3 Å². The van der Waals surface area contributed by atoms with Crippen LogP contribution < -0.4 is 0 Å². The van der Waals surface area contributed by atoms with Crippen molar-refractivity contribution in [1.29, 1.82) is 5.26 Å². The first-order valence-corrected chi connectivity index (χ1v) is 15.6. The summed E-state index contributed by atoms with van der Waals surface area (Å²) in [5.41, 5.74) is -3.02. The van der Waals surface area contributed by atoms with E-state index in [1.165, 1.54) is 7.11 Å². The molecule has 0 aromatic heterocycles. The average Bonchev–Trinajstić information content (AvgIpc) is 3.64. The van der Waals surface area contributed by atoms with Gasteiger partial charge in [-0.15, -0.1) is 0 Å². The van der Waals surface area contributed by atoms with E-state index in [0.29, 0.717) is 6.42 Å². The summed E-state index contributed by atoms with van der Waals surface area (Å²) >= 11 is 0. The number of fused-ring (bicyclic) bond motifs is 3. The Labute approximate surface area is 249 Å². The molecule has 0 aromatic carbocycles. The molecule has 0 radical (unpaired) electrons. The Morgan fingerprint density at radius 2 is 1.63 bits per heavy atom. The molecule has 0 amide bonds. The highest BCUT2D eigenvalue weighted by Gasteiger charge is 2.81. The summed E-state index contributed by atoms with van der Waals surface area (Å²) in [5, 5.41) is 10.1. The van der Waals surface area contributed by atoms with Gasteiger partial charge in [0, 0.05) is 10.8 Å². The van der Waals surface area contributed by atoms with E-state index in [4.69, 9.17) is 9.47 Å². The van der Waals surface area contributed by atoms with Crippen LogP contribution in [0.3, 0.4) is 0 Å². The van der Waals surface area contributed by atoms with E-state index in [1.54, 1.807) is 13.0 Å². The Morgan fingerprint density at radius 1 is 1.05 bits per heavy atom. The van der Waals surface area contributed by atoms with Gasteiger partial charge in [-0.2, -0.15) is 5.26 Å². The van der Waals surface area contributed by atoms with Crippen LogP contribution in [0.5, 0.6) is 0 Å². The predicted octanol–water partition coefficient (Wildman–Crippen LogP) is 7.79. The molecule has 1 saturated heterocycles. The summed E-state index contributed by atoms with van der Waals surface area (Å²) in [6.45, 7) is 23.1. The maximum absolute atomic E-state index is 13.5. The number of nitriles is 1. The molecule has 3 fully saturated rings. The van der Waals surface area contributed by atoms with Crippen molar-refractivity contribution in [2.75, 3.05) is 7.11 Å². The van der Waals surface area contributed by atoms with Gasteiger partial charge in [0.1, 0.15) is 12.2 Å². The molecule has 1 aliphatic heterocycles. The summed E-state index contributed by atoms with van der Waals surface area (Å²) < 4.78 is 11.4. The highest BCUT2D eigenvalue weighted by Crippen LogP contribution is 2.73. The number of ether oxygens (including phenoxy) is 2. The topological polar surface area (TPSA) is 96.8 Å². The first-order valence-electron chi connectivity index (χ1n) is 15.6. The van der Waals surface area contributed by atoms with Crippen LogP contribution in [0.15, 0.2) is 11.6 Å².